The third-order valence-corrected chi connectivity index (χ3v) is 7.38. The summed E-state index contributed by atoms with van der Waals surface area (Å²) in [5.74, 6) is 0.445. The highest BCUT2D eigenvalue weighted by atomic mass is 14.4. The molecule has 0 heteroatoms. The first-order chi connectivity index (χ1) is 15.5. The number of rotatable bonds is 3. The molecular weight excluding hydrogens is 420 g/mol. The molecule has 0 heterocycles. The zero-order valence-electron chi connectivity index (χ0n) is 26.2. The van der Waals surface area contributed by atoms with Crippen LogP contribution in [0.15, 0.2) is 30.3 Å². The predicted molar refractivity (Wildman–Crippen MR) is 159 cm³/mol. The first-order valence-corrected chi connectivity index (χ1v) is 13.8. The van der Waals surface area contributed by atoms with E-state index in [0.29, 0.717) is 5.92 Å². The minimum absolute atomic E-state index is 0.0824. The molecule has 0 aromatic heterocycles. The zero-order chi connectivity index (χ0) is 27.4. The quantitative estimate of drug-likeness (QED) is 0.413. The number of hydrogen-bond acceptors (Lipinski definition) is 0. The smallest absolute Gasteiger partial charge is 0.0126 e. The summed E-state index contributed by atoms with van der Waals surface area (Å²) in [6.45, 7) is 37.9. The summed E-state index contributed by atoms with van der Waals surface area (Å²) in [7, 11) is 0. The van der Waals surface area contributed by atoms with E-state index in [9.17, 15) is 0 Å². The highest BCUT2D eigenvalue weighted by Crippen LogP contribution is 2.44. The molecule has 2 rings (SSSR count). The van der Waals surface area contributed by atoms with Crippen molar-refractivity contribution in [2.24, 2.45) is 0 Å². The normalized spacial score (nSPS) is 14.9. The van der Waals surface area contributed by atoms with Crippen molar-refractivity contribution in [3.05, 3.63) is 69.3 Å². The maximum atomic E-state index is 2.51. The Morgan fingerprint density at radius 1 is 0.514 bits per heavy atom. The average molecular weight is 477 g/mol. The second kappa shape index (κ2) is 9.39. The van der Waals surface area contributed by atoms with Gasteiger partial charge in [0.05, 0.1) is 0 Å². The summed E-state index contributed by atoms with van der Waals surface area (Å²) in [4.78, 5) is 0. The van der Waals surface area contributed by atoms with Gasteiger partial charge >= 0.3 is 0 Å². The van der Waals surface area contributed by atoms with Crippen molar-refractivity contribution < 1.29 is 0 Å². The molecular formula is C35H56. The van der Waals surface area contributed by atoms with Crippen molar-refractivity contribution >= 4 is 0 Å². The van der Waals surface area contributed by atoms with Gasteiger partial charge in [-0.15, -0.1) is 0 Å². The van der Waals surface area contributed by atoms with Crippen LogP contribution in [-0.4, -0.2) is 0 Å². The van der Waals surface area contributed by atoms with Crippen molar-refractivity contribution in [2.75, 3.05) is 0 Å². The molecule has 2 aromatic carbocycles. The molecule has 1 unspecified atom stereocenters. The number of benzene rings is 2. The second-order valence-electron chi connectivity index (χ2n) is 16.2. The summed E-state index contributed by atoms with van der Waals surface area (Å²) in [5.41, 5.74) is 11.1. The number of hydrogen-bond donors (Lipinski definition) is 0. The molecule has 0 N–H and O–H groups in total. The van der Waals surface area contributed by atoms with E-state index in [0.717, 1.165) is 6.42 Å². The lowest BCUT2D eigenvalue weighted by molar-refractivity contribution is 0.492. The monoisotopic (exact) mass is 476 g/mol. The van der Waals surface area contributed by atoms with Crippen LogP contribution in [0.5, 0.6) is 0 Å². The van der Waals surface area contributed by atoms with Gasteiger partial charge in [0.15, 0.2) is 0 Å². The second-order valence-corrected chi connectivity index (χ2v) is 16.2. The minimum Gasteiger partial charge on any atom is -0.0584 e. The van der Waals surface area contributed by atoms with Gasteiger partial charge in [0, 0.05) is 0 Å². The van der Waals surface area contributed by atoms with Crippen LogP contribution >= 0.6 is 0 Å². The Balaban J connectivity index is 2.79. The molecule has 0 aliphatic heterocycles. The molecule has 196 valence electrons. The summed E-state index contributed by atoms with van der Waals surface area (Å²) in [5, 5.41) is 0. The van der Waals surface area contributed by atoms with Gasteiger partial charge in [-0.05, 0) is 78.4 Å². The topological polar surface area (TPSA) is 0 Å². The summed E-state index contributed by atoms with van der Waals surface area (Å²) >= 11 is 0. The van der Waals surface area contributed by atoms with E-state index in [2.05, 4.69) is 141 Å². The van der Waals surface area contributed by atoms with Gasteiger partial charge in [-0.1, -0.05) is 141 Å². The van der Waals surface area contributed by atoms with Crippen LogP contribution in [0.25, 0.3) is 0 Å². The van der Waals surface area contributed by atoms with Crippen LogP contribution in [0.2, 0.25) is 0 Å². The highest BCUT2D eigenvalue weighted by Gasteiger charge is 2.34. The van der Waals surface area contributed by atoms with E-state index >= 15 is 0 Å². The molecule has 0 spiro atoms. The van der Waals surface area contributed by atoms with E-state index in [1.165, 1.54) is 27.8 Å². The van der Waals surface area contributed by atoms with Crippen molar-refractivity contribution in [1.82, 2.24) is 0 Å². The molecule has 35 heavy (non-hydrogen) atoms. The molecule has 0 aliphatic carbocycles. The molecule has 0 aliphatic rings. The van der Waals surface area contributed by atoms with Gasteiger partial charge in [-0.3, -0.25) is 0 Å². The van der Waals surface area contributed by atoms with Gasteiger partial charge < -0.3 is 0 Å². The maximum Gasteiger partial charge on any atom is -0.0126 e. The van der Waals surface area contributed by atoms with E-state index in [1.807, 2.05) is 0 Å². The van der Waals surface area contributed by atoms with E-state index < -0.39 is 0 Å². The molecule has 1 atom stereocenters. The van der Waals surface area contributed by atoms with Gasteiger partial charge in [0.25, 0.3) is 0 Å². The van der Waals surface area contributed by atoms with Crippen LogP contribution in [0.3, 0.4) is 0 Å². The van der Waals surface area contributed by atoms with Crippen molar-refractivity contribution in [3.8, 4) is 0 Å². The first kappa shape index (κ1) is 29.7. The van der Waals surface area contributed by atoms with Gasteiger partial charge in [0.2, 0.25) is 0 Å². The standard InChI is InChI=1S/C35H56/c1-23(26-22-25(31(2,3)4)18-20-27(26)32(5,6)7)21-24-17-19-28(33(8,9)10)30(35(14,15)16)29(24)34(11,12)13/h17-20,22-23H,21H2,1-16H3. The first-order valence-electron chi connectivity index (χ1n) is 13.8. The fourth-order valence-corrected chi connectivity index (χ4v) is 5.64. The molecule has 0 amide bonds. The highest BCUT2D eigenvalue weighted by molar-refractivity contribution is 5.52. The Kier molecular flexibility index (Phi) is 7.96. The average Bonchev–Trinajstić information content (AvgIpc) is 2.63. The Morgan fingerprint density at radius 3 is 1.37 bits per heavy atom. The lowest BCUT2D eigenvalue weighted by Crippen LogP contribution is -2.29. The summed E-state index contributed by atoms with van der Waals surface area (Å²) in [6, 6.07) is 12.2. The molecule has 2 aromatic rings. The Hall–Kier alpha value is -1.56. The van der Waals surface area contributed by atoms with Crippen LogP contribution in [0.1, 0.15) is 156 Å². The Bertz CT molecular complexity index is 1030. The summed E-state index contributed by atoms with van der Waals surface area (Å²) < 4.78 is 0. The van der Waals surface area contributed by atoms with Crippen molar-refractivity contribution in [1.29, 1.82) is 0 Å². The Morgan fingerprint density at radius 2 is 0.971 bits per heavy atom. The molecule has 0 radical (unpaired) electrons. The fourth-order valence-electron chi connectivity index (χ4n) is 5.64. The lowest BCUT2D eigenvalue weighted by Gasteiger charge is -2.38. The van der Waals surface area contributed by atoms with Gasteiger partial charge in [0.1, 0.15) is 0 Å². The Labute approximate surface area is 219 Å². The van der Waals surface area contributed by atoms with Gasteiger partial charge in [-0.2, -0.15) is 0 Å². The lowest BCUT2D eigenvalue weighted by atomic mass is 9.66. The van der Waals surface area contributed by atoms with Crippen LogP contribution in [0, 0.1) is 0 Å². The third kappa shape index (κ3) is 6.81. The molecule has 0 saturated heterocycles. The zero-order valence-corrected chi connectivity index (χ0v) is 26.2. The molecule has 0 saturated carbocycles. The van der Waals surface area contributed by atoms with Crippen LogP contribution in [0.4, 0.5) is 0 Å². The van der Waals surface area contributed by atoms with Crippen LogP contribution in [-0.2, 0) is 33.5 Å². The maximum absolute atomic E-state index is 2.51. The molecule has 0 fully saturated rings. The SMILES string of the molecule is CC(Cc1ccc(C(C)(C)C)c(C(C)(C)C)c1C(C)(C)C)c1cc(C(C)(C)C)ccc1C(C)(C)C. The predicted octanol–water partition coefficient (Wildman–Crippen LogP) is 10.5. The molecule has 0 bridgehead atoms. The van der Waals surface area contributed by atoms with Crippen molar-refractivity contribution in [2.45, 2.75) is 150 Å². The molecule has 0 nitrogen and oxygen atoms in total. The summed E-state index contributed by atoms with van der Waals surface area (Å²) in [6.07, 6.45) is 1.07. The van der Waals surface area contributed by atoms with E-state index in [1.54, 1.807) is 11.1 Å². The largest absolute Gasteiger partial charge is 0.0584 e. The van der Waals surface area contributed by atoms with Gasteiger partial charge in [-0.25, -0.2) is 0 Å². The van der Waals surface area contributed by atoms with E-state index in [4.69, 9.17) is 0 Å². The third-order valence-electron chi connectivity index (χ3n) is 7.38. The minimum atomic E-state index is 0.0824. The van der Waals surface area contributed by atoms with Crippen LogP contribution < -0.4 is 0 Å². The van der Waals surface area contributed by atoms with E-state index in [-0.39, 0.29) is 27.1 Å². The van der Waals surface area contributed by atoms with Crippen molar-refractivity contribution in [3.63, 3.8) is 0 Å². The fraction of sp³-hybridized carbons (Fsp3) is 0.657.